The van der Waals surface area contributed by atoms with Crippen molar-refractivity contribution in [1.82, 2.24) is 20.4 Å². The summed E-state index contributed by atoms with van der Waals surface area (Å²) >= 11 is 0. The zero-order valence-electron chi connectivity index (χ0n) is 17.8. The minimum atomic E-state index is 0. The van der Waals surface area contributed by atoms with Crippen LogP contribution < -0.4 is 20.1 Å². The van der Waals surface area contributed by atoms with Gasteiger partial charge in [-0.2, -0.15) is 0 Å². The predicted octanol–water partition coefficient (Wildman–Crippen LogP) is 1.87. The summed E-state index contributed by atoms with van der Waals surface area (Å²) in [5.74, 6) is 2.96. The van der Waals surface area contributed by atoms with Crippen molar-refractivity contribution in [2.75, 3.05) is 67.6 Å². The fourth-order valence-electron chi connectivity index (χ4n) is 3.20. The maximum absolute atomic E-state index is 5.45. The second kappa shape index (κ2) is 13.1. The fraction of sp³-hybridized carbons (Fsp3) is 0.650. The molecule has 1 atom stereocenters. The fourth-order valence-corrected chi connectivity index (χ4v) is 3.20. The average molecular weight is 505 g/mol. The molecule has 1 unspecified atom stereocenters. The number of guanidine groups is 1. The molecule has 1 aromatic carbocycles. The maximum Gasteiger partial charge on any atom is 0.191 e. The van der Waals surface area contributed by atoms with Gasteiger partial charge in [0.1, 0.15) is 11.5 Å². The number of aliphatic imine (C=N–C) groups is 1. The number of hydrogen-bond acceptors (Lipinski definition) is 5. The number of ether oxygens (including phenoxy) is 2. The monoisotopic (exact) mass is 505 g/mol. The minimum absolute atomic E-state index is 0. The van der Waals surface area contributed by atoms with Crippen LogP contribution in [0.1, 0.15) is 12.5 Å². The lowest BCUT2D eigenvalue weighted by Crippen LogP contribution is -2.47. The number of nitrogens with zero attached hydrogens (tertiary/aromatic N) is 3. The first-order chi connectivity index (χ1) is 13.0. The number of halogens is 1. The van der Waals surface area contributed by atoms with Crippen molar-refractivity contribution in [2.24, 2.45) is 10.9 Å². The van der Waals surface area contributed by atoms with E-state index in [1.54, 1.807) is 21.3 Å². The molecule has 1 saturated heterocycles. The van der Waals surface area contributed by atoms with Crippen LogP contribution in [0.3, 0.4) is 0 Å². The summed E-state index contributed by atoms with van der Waals surface area (Å²) in [6.07, 6.45) is 0. The van der Waals surface area contributed by atoms with E-state index in [-0.39, 0.29) is 24.0 Å². The second-order valence-electron chi connectivity index (χ2n) is 7.19. The van der Waals surface area contributed by atoms with Crippen molar-refractivity contribution < 1.29 is 9.47 Å². The van der Waals surface area contributed by atoms with Crippen LogP contribution in [0.5, 0.6) is 11.5 Å². The molecular formula is C20H36IN5O2. The number of hydrogen-bond donors (Lipinski definition) is 2. The summed E-state index contributed by atoms with van der Waals surface area (Å²) in [5.41, 5.74) is 1.06. The number of nitrogens with one attached hydrogen (secondary N) is 2. The molecule has 0 aliphatic carbocycles. The van der Waals surface area contributed by atoms with E-state index in [9.17, 15) is 0 Å². The van der Waals surface area contributed by atoms with Crippen molar-refractivity contribution in [2.45, 2.75) is 13.5 Å². The molecule has 1 heterocycles. The van der Waals surface area contributed by atoms with Crippen LogP contribution in [-0.2, 0) is 6.54 Å². The SMILES string of the molecule is CN=C(NCc1ccc(OC)cc1OC)NCC(C)CN1CCN(C)CC1.I. The molecular weight excluding hydrogens is 469 g/mol. The first-order valence-electron chi connectivity index (χ1n) is 9.62. The third-order valence-corrected chi connectivity index (χ3v) is 4.95. The third-order valence-electron chi connectivity index (χ3n) is 4.95. The van der Waals surface area contributed by atoms with E-state index in [1.165, 1.54) is 0 Å². The average Bonchev–Trinajstić information content (AvgIpc) is 2.69. The van der Waals surface area contributed by atoms with Crippen LogP contribution >= 0.6 is 24.0 Å². The predicted molar refractivity (Wildman–Crippen MR) is 126 cm³/mol. The summed E-state index contributed by atoms with van der Waals surface area (Å²) in [7, 11) is 7.31. The largest absolute Gasteiger partial charge is 0.497 e. The van der Waals surface area contributed by atoms with Crippen LogP contribution in [0.4, 0.5) is 0 Å². The first kappa shape index (κ1) is 24.8. The number of methoxy groups -OCH3 is 2. The highest BCUT2D eigenvalue weighted by molar-refractivity contribution is 14.0. The number of rotatable bonds is 8. The van der Waals surface area contributed by atoms with Crippen molar-refractivity contribution in [1.29, 1.82) is 0 Å². The van der Waals surface area contributed by atoms with E-state index in [0.717, 1.165) is 62.3 Å². The van der Waals surface area contributed by atoms with E-state index < -0.39 is 0 Å². The Labute approximate surface area is 186 Å². The second-order valence-corrected chi connectivity index (χ2v) is 7.19. The van der Waals surface area contributed by atoms with Crippen LogP contribution in [0, 0.1) is 5.92 Å². The van der Waals surface area contributed by atoms with Gasteiger partial charge in [0.2, 0.25) is 0 Å². The Bertz CT molecular complexity index is 606. The summed E-state index contributed by atoms with van der Waals surface area (Å²) in [4.78, 5) is 9.26. The molecule has 0 amide bonds. The van der Waals surface area contributed by atoms with E-state index in [0.29, 0.717) is 12.5 Å². The lowest BCUT2D eigenvalue weighted by atomic mass is 10.1. The molecule has 1 aliphatic rings. The topological polar surface area (TPSA) is 61.4 Å². The Morgan fingerprint density at radius 2 is 1.86 bits per heavy atom. The van der Waals surface area contributed by atoms with Crippen molar-refractivity contribution in [3.05, 3.63) is 23.8 Å². The third kappa shape index (κ3) is 8.00. The number of piperazine rings is 1. The molecule has 8 heteroatoms. The molecule has 1 aromatic rings. The molecule has 160 valence electrons. The summed E-state index contributed by atoms with van der Waals surface area (Å²) in [6.45, 7) is 9.57. The molecule has 7 nitrogen and oxygen atoms in total. The number of likely N-dealkylation sites (N-methyl/N-ethyl adjacent to an activating group) is 1. The highest BCUT2D eigenvalue weighted by Crippen LogP contribution is 2.24. The van der Waals surface area contributed by atoms with Gasteiger partial charge in [-0.05, 0) is 25.1 Å². The van der Waals surface area contributed by atoms with E-state index >= 15 is 0 Å². The Morgan fingerprint density at radius 3 is 2.46 bits per heavy atom. The van der Waals surface area contributed by atoms with Crippen LogP contribution in [0.2, 0.25) is 0 Å². The molecule has 0 aromatic heterocycles. The standard InChI is InChI=1S/C20H35N5O2.HI/c1-16(15-25-10-8-24(3)9-11-25)13-22-20(21-2)23-14-17-6-7-18(26-4)12-19(17)27-5;/h6-7,12,16H,8-11,13-15H2,1-5H3,(H2,21,22,23);1H. The lowest BCUT2D eigenvalue weighted by Gasteiger charge is -2.34. The van der Waals surface area contributed by atoms with Crippen molar-refractivity contribution >= 4 is 29.9 Å². The van der Waals surface area contributed by atoms with E-state index in [4.69, 9.17) is 9.47 Å². The van der Waals surface area contributed by atoms with Gasteiger partial charge in [-0.15, -0.1) is 24.0 Å². The molecule has 0 saturated carbocycles. The van der Waals surface area contributed by atoms with Gasteiger partial charge in [-0.1, -0.05) is 6.92 Å². The summed E-state index contributed by atoms with van der Waals surface area (Å²) in [5, 5.41) is 6.79. The molecule has 0 spiro atoms. The Kier molecular flexibility index (Phi) is 11.6. The van der Waals surface area contributed by atoms with Gasteiger partial charge in [0.15, 0.2) is 5.96 Å². The highest BCUT2D eigenvalue weighted by Gasteiger charge is 2.16. The maximum atomic E-state index is 5.45. The van der Waals surface area contributed by atoms with Gasteiger partial charge < -0.3 is 29.9 Å². The van der Waals surface area contributed by atoms with Crippen LogP contribution in [0.25, 0.3) is 0 Å². The molecule has 0 radical (unpaired) electrons. The summed E-state index contributed by atoms with van der Waals surface area (Å²) in [6, 6.07) is 5.84. The highest BCUT2D eigenvalue weighted by atomic mass is 127. The zero-order valence-corrected chi connectivity index (χ0v) is 20.2. The molecule has 0 bridgehead atoms. The van der Waals surface area contributed by atoms with Gasteiger partial charge in [0.25, 0.3) is 0 Å². The van der Waals surface area contributed by atoms with Crippen molar-refractivity contribution in [3.63, 3.8) is 0 Å². The Morgan fingerprint density at radius 1 is 1.14 bits per heavy atom. The van der Waals surface area contributed by atoms with E-state index in [2.05, 4.69) is 39.4 Å². The van der Waals surface area contributed by atoms with Crippen LogP contribution in [-0.4, -0.2) is 83.3 Å². The Hall–Kier alpha value is -1.26. The first-order valence-corrected chi connectivity index (χ1v) is 9.62. The quantitative estimate of drug-likeness (QED) is 0.320. The number of benzene rings is 1. The zero-order chi connectivity index (χ0) is 19.6. The van der Waals surface area contributed by atoms with Gasteiger partial charge >= 0.3 is 0 Å². The Balaban J connectivity index is 0.00000392. The van der Waals surface area contributed by atoms with Gasteiger partial charge in [0, 0.05) is 64.5 Å². The van der Waals surface area contributed by atoms with Gasteiger partial charge in [-0.25, -0.2) is 0 Å². The minimum Gasteiger partial charge on any atom is -0.497 e. The summed E-state index contributed by atoms with van der Waals surface area (Å²) < 4.78 is 10.7. The molecule has 28 heavy (non-hydrogen) atoms. The smallest absolute Gasteiger partial charge is 0.191 e. The van der Waals surface area contributed by atoms with Crippen molar-refractivity contribution in [3.8, 4) is 11.5 Å². The van der Waals surface area contributed by atoms with Crippen LogP contribution in [0.15, 0.2) is 23.2 Å². The normalized spacial score (nSPS) is 16.8. The molecule has 2 N–H and O–H groups in total. The van der Waals surface area contributed by atoms with Gasteiger partial charge in [0.05, 0.1) is 14.2 Å². The van der Waals surface area contributed by atoms with E-state index in [1.807, 2.05) is 18.2 Å². The lowest BCUT2D eigenvalue weighted by molar-refractivity contribution is 0.139. The van der Waals surface area contributed by atoms with Gasteiger partial charge in [-0.3, -0.25) is 4.99 Å². The molecule has 1 fully saturated rings. The molecule has 1 aliphatic heterocycles. The molecule has 2 rings (SSSR count).